The summed E-state index contributed by atoms with van der Waals surface area (Å²) in [7, 11) is 0. The van der Waals surface area contributed by atoms with Gasteiger partial charge in [-0.2, -0.15) is 0 Å². The van der Waals surface area contributed by atoms with Crippen LogP contribution >= 0.6 is 11.6 Å². The van der Waals surface area contributed by atoms with Crippen molar-refractivity contribution in [2.24, 2.45) is 0 Å². The molecule has 0 aliphatic rings. The highest BCUT2D eigenvalue weighted by molar-refractivity contribution is 6.33. The number of carbonyl (C=O) groups excluding carboxylic acids is 1. The summed E-state index contributed by atoms with van der Waals surface area (Å²) < 4.78 is 13.0. The molecule has 98 valence electrons. The fraction of sp³-hybridized carbons (Fsp3) is 0.133. The highest BCUT2D eigenvalue weighted by atomic mass is 35.5. The Balaban J connectivity index is 1.90. The lowest BCUT2D eigenvalue weighted by Crippen LogP contribution is -2.12. The van der Waals surface area contributed by atoms with Gasteiger partial charge in [0.2, 0.25) is 5.91 Å². The number of aryl methyl sites for hydroxylation is 1. The van der Waals surface area contributed by atoms with Crippen LogP contribution in [0.5, 0.6) is 0 Å². The summed E-state index contributed by atoms with van der Waals surface area (Å²) in [6.07, 6.45) is 0.780. The van der Waals surface area contributed by atoms with Crippen molar-refractivity contribution in [1.82, 2.24) is 0 Å². The van der Waals surface area contributed by atoms with Crippen molar-refractivity contribution in [1.29, 1.82) is 0 Å². The van der Waals surface area contributed by atoms with E-state index in [1.807, 2.05) is 0 Å². The van der Waals surface area contributed by atoms with Gasteiger partial charge in [0.1, 0.15) is 5.82 Å². The first-order valence-electron chi connectivity index (χ1n) is 5.94. The molecule has 0 bridgehead atoms. The maximum atomic E-state index is 13.0. The summed E-state index contributed by atoms with van der Waals surface area (Å²) in [5.74, 6) is -0.429. The zero-order chi connectivity index (χ0) is 13.7. The van der Waals surface area contributed by atoms with Crippen LogP contribution in [0.2, 0.25) is 5.02 Å². The molecule has 0 saturated heterocycles. The predicted octanol–water partition coefficient (Wildman–Crippen LogP) is 4.05. The Bertz CT molecular complexity index is 586. The minimum atomic E-state index is -0.288. The number of amides is 1. The summed E-state index contributed by atoms with van der Waals surface area (Å²) in [5.41, 5.74) is 1.39. The molecule has 0 spiro atoms. The van der Waals surface area contributed by atoms with Crippen molar-refractivity contribution < 1.29 is 9.18 Å². The van der Waals surface area contributed by atoms with Crippen molar-refractivity contribution in [3.05, 3.63) is 64.9 Å². The normalized spacial score (nSPS) is 10.2. The van der Waals surface area contributed by atoms with E-state index in [0.29, 0.717) is 17.1 Å². The van der Waals surface area contributed by atoms with E-state index in [-0.39, 0.29) is 18.1 Å². The first kappa shape index (κ1) is 13.6. The van der Waals surface area contributed by atoms with Gasteiger partial charge in [0.25, 0.3) is 0 Å². The molecule has 1 N–H and O–H groups in total. The summed E-state index contributed by atoms with van der Waals surface area (Å²) in [6.45, 7) is 0. The maximum Gasteiger partial charge on any atom is 0.224 e. The molecule has 4 heteroatoms. The highest BCUT2D eigenvalue weighted by Gasteiger charge is 2.06. The molecule has 0 heterocycles. The molecule has 0 fully saturated rings. The predicted molar refractivity (Wildman–Crippen MR) is 74.8 cm³/mol. The number of benzene rings is 2. The Morgan fingerprint density at radius 3 is 2.68 bits per heavy atom. The van der Waals surface area contributed by atoms with E-state index in [2.05, 4.69) is 5.32 Å². The Morgan fingerprint density at radius 2 is 1.95 bits per heavy atom. The van der Waals surface area contributed by atoms with E-state index in [4.69, 9.17) is 11.6 Å². The van der Waals surface area contributed by atoms with Crippen molar-refractivity contribution >= 4 is 23.2 Å². The summed E-state index contributed by atoms with van der Waals surface area (Å²) >= 11 is 5.94. The number of rotatable bonds is 4. The molecular formula is C15H13ClFNO. The van der Waals surface area contributed by atoms with Crippen molar-refractivity contribution in [2.45, 2.75) is 12.8 Å². The van der Waals surface area contributed by atoms with E-state index in [1.165, 1.54) is 12.1 Å². The van der Waals surface area contributed by atoms with E-state index in [9.17, 15) is 9.18 Å². The van der Waals surface area contributed by atoms with Gasteiger partial charge in [0.05, 0.1) is 10.7 Å². The number of nitrogens with one attached hydrogen (secondary N) is 1. The molecule has 0 radical (unpaired) electrons. The van der Waals surface area contributed by atoms with E-state index >= 15 is 0 Å². The van der Waals surface area contributed by atoms with Gasteiger partial charge in [-0.1, -0.05) is 35.9 Å². The van der Waals surface area contributed by atoms with E-state index in [1.54, 1.807) is 36.4 Å². The van der Waals surface area contributed by atoms with Gasteiger partial charge >= 0.3 is 0 Å². The third kappa shape index (κ3) is 4.07. The van der Waals surface area contributed by atoms with Gasteiger partial charge < -0.3 is 5.32 Å². The maximum absolute atomic E-state index is 13.0. The van der Waals surface area contributed by atoms with Crippen molar-refractivity contribution in [2.75, 3.05) is 5.32 Å². The van der Waals surface area contributed by atoms with Crippen LogP contribution in [0, 0.1) is 5.82 Å². The van der Waals surface area contributed by atoms with Gasteiger partial charge in [-0.15, -0.1) is 0 Å². The third-order valence-electron chi connectivity index (χ3n) is 2.68. The first-order chi connectivity index (χ1) is 9.15. The topological polar surface area (TPSA) is 29.1 Å². The molecule has 2 rings (SSSR count). The third-order valence-corrected chi connectivity index (χ3v) is 3.01. The van der Waals surface area contributed by atoms with Gasteiger partial charge in [-0.3, -0.25) is 4.79 Å². The molecule has 2 aromatic rings. The van der Waals surface area contributed by atoms with E-state index in [0.717, 1.165) is 5.56 Å². The molecule has 0 aliphatic heterocycles. The van der Waals surface area contributed by atoms with Crippen LogP contribution < -0.4 is 5.32 Å². The standard InChI is InChI=1S/C15H13ClFNO/c16-13-6-1-2-7-14(13)18-15(19)9-8-11-4-3-5-12(17)10-11/h1-7,10H,8-9H2,(H,18,19). The molecule has 0 aromatic heterocycles. The summed E-state index contributed by atoms with van der Waals surface area (Å²) in [5, 5.41) is 3.23. The molecule has 0 unspecified atom stereocenters. The molecule has 0 aliphatic carbocycles. The van der Waals surface area contributed by atoms with Crippen LogP contribution in [-0.2, 0) is 11.2 Å². The molecule has 0 atom stereocenters. The average molecular weight is 278 g/mol. The second-order valence-corrected chi connectivity index (χ2v) is 4.57. The number of hydrogen-bond acceptors (Lipinski definition) is 1. The number of halogens is 2. The zero-order valence-corrected chi connectivity index (χ0v) is 11.0. The second-order valence-electron chi connectivity index (χ2n) is 4.16. The fourth-order valence-corrected chi connectivity index (χ4v) is 1.91. The minimum absolute atomic E-state index is 0.141. The number of para-hydroxylation sites is 1. The lowest BCUT2D eigenvalue weighted by atomic mass is 10.1. The Morgan fingerprint density at radius 1 is 1.16 bits per heavy atom. The largest absolute Gasteiger partial charge is 0.325 e. The van der Waals surface area contributed by atoms with Crippen LogP contribution in [0.25, 0.3) is 0 Å². The highest BCUT2D eigenvalue weighted by Crippen LogP contribution is 2.20. The number of hydrogen-bond donors (Lipinski definition) is 1. The fourth-order valence-electron chi connectivity index (χ4n) is 1.73. The minimum Gasteiger partial charge on any atom is -0.325 e. The van der Waals surface area contributed by atoms with Crippen LogP contribution in [0.3, 0.4) is 0 Å². The van der Waals surface area contributed by atoms with Gasteiger partial charge in [0.15, 0.2) is 0 Å². The van der Waals surface area contributed by atoms with Crippen LogP contribution in [0.1, 0.15) is 12.0 Å². The molecular weight excluding hydrogens is 265 g/mol. The number of anilines is 1. The van der Waals surface area contributed by atoms with Crippen LogP contribution in [-0.4, -0.2) is 5.91 Å². The quantitative estimate of drug-likeness (QED) is 0.897. The lowest BCUT2D eigenvalue weighted by Gasteiger charge is -2.07. The molecule has 0 saturated carbocycles. The summed E-state index contributed by atoms with van der Waals surface area (Å²) in [4.78, 5) is 11.8. The summed E-state index contributed by atoms with van der Waals surface area (Å²) in [6, 6.07) is 13.3. The lowest BCUT2D eigenvalue weighted by molar-refractivity contribution is -0.116. The average Bonchev–Trinajstić information content (AvgIpc) is 2.39. The van der Waals surface area contributed by atoms with Gasteiger partial charge in [-0.25, -0.2) is 4.39 Å². The zero-order valence-electron chi connectivity index (χ0n) is 10.2. The SMILES string of the molecule is O=C(CCc1cccc(F)c1)Nc1ccccc1Cl. The Labute approximate surface area is 116 Å². The van der Waals surface area contributed by atoms with Crippen LogP contribution in [0.15, 0.2) is 48.5 Å². The number of carbonyl (C=O) groups is 1. The Kier molecular flexibility index (Phi) is 4.53. The van der Waals surface area contributed by atoms with Crippen LogP contribution in [0.4, 0.5) is 10.1 Å². The molecule has 19 heavy (non-hydrogen) atoms. The van der Waals surface area contributed by atoms with Gasteiger partial charge in [-0.05, 0) is 36.2 Å². The first-order valence-corrected chi connectivity index (χ1v) is 6.32. The van der Waals surface area contributed by atoms with Gasteiger partial charge in [0, 0.05) is 6.42 Å². The second kappa shape index (κ2) is 6.34. The monoisotopic (exact) mass is 277 g/mol. The smallest absolute Gasteiger partial charge is 0.224 e. The molecule has 2 aromatic carbocycles. The molecule has 2 nitrogen and oxygen atoms in total. The van der Waals surface area contributed by atoms with E-state index < -0.39 is 0 Å². The Hall–Kier alpha value is -1.87. The molecule has 1 amide bonds. The van der Waals surface area contributed by atoms with Crippen molar-refractivity contribution in [3.63, 3.8) is 0 Å². The van der Waals surface area contributed by atoms with Crippen molar-refractivity contribution in [3.8, 4) is 0 Å².